The molecule has 188 valence electrons. The Labute approximate surface area is 207 Å². The van der Waals surface area contributed by atoms with Crippen molar-refractivity contribution >= 4 is 15.8 Å². The summed E-state index contributed by atoms with van der Waals surface area (Å²) in [7, 11) is -3.61. The fourth-order valence-corrected chi connectivity index (χ4v) is 5.32. The molecule has 0 saturated carbocycles. The van der Waals surface area contributed by atoms with E-state index in [4.69, 9.17) is 4.74 Å². The van der Waals surface area contributed by atoms with Gasteiger partial charge < -0.3 is 4.74 Å². The molecule has 1 aromatic rings. The number of carbonyl (C=O) groups excluding carboxylic acids is 1. The normalized spacial score (nSPS) is 14.0. The van der Waals surface area contributed by atoms with Crippen LogP contribution in [0.1, 0.15) is 79.2 Å². The molecule has 1 aromatic carbocycles. The Kier molecular flexibility index (Phi) is 12.9. The minimum atomic E-state index is -3.61. The maximum atomic E-state index is 13.5. The van der Waals surface area contributed by atoms with Gasteiger partial charge in [0.25, 0.3) is 0 Å². The Morgan fingerprint density at radius 2 is 1.50 bits per heavy atom. The maximum Gasteiger partial charge on any atom is 0.330 e. The lowest BCUT2D eigenvalue weighted by Crippen LogP contribution is -2.21. The molecule has 1 atom stereocenters. The molecule has 0 aliphatic heterocycles. The van der Waals surface area contributed by atoms with Crippen molar-refractivity contribution in [3.63, 3.8) is 0 Å². The van der Waals surface area contributed by atoms with Gasteiger partial charge in [-0.3, -0.25) is 0 Å². The quantitative estimate of drug-likeness (QED) is 0.165. The molecule has 0 heterocycles. The topological polar surface area (TPSA) is 60.4 Å². The average molecular weight is 487 g/mol. The van der Waals surface area contributed by atoms with Crippen LogP contribution in [-0.4, -0.2) is 26.2 Å². The molecule has 0 N–H and O–H groups in total. The maximum absolute atomic E-state index is 13.5. The molecule has 0 amide bonds. The highest BCUT2D eigenvalue weighted by Gasteiger charge is 2.26. The first kappa shape index (κ1) is 29.6. The fraction of sp³-hybridized carbons (Fsp3) is 0.483. The first-order valence-corrected chi connectivity index (χ1v) is 13.6. The van der Waals surface area contributed by atoms with Crippen LogP contribution < -0.4 is 0 Å². The van der Waals surface area contributed by atoms with Crippen molar-refractivity contribution in [2.45, 2.75) is 90.7 Å². The van der Waals surface area contributed by atoms with Gasteiger partial charge in [0, 0.05) is 6.08 Å². The molecule has 0 fully saturated rings. The summed E-state index contributed by atoms with van der Waals surface area (Å²) in [5.74, 6) is -0.444. The molecule has 0 aliphatic rings. The SMILES string of the molecule is CCOC(=O)/C=C(\C)CC(/C=C(\C)CC/C=C(\C)CCC=C(C)C)S(=O)(=O)c1ccc(C)cc1. The molecule has 0 aromatic heterocycles. The number of ether oxygens (including phenoxy) is 1. The third kappa shape index (κ3) is 11.1. The number of carbonyl (C=O) groups is 1. The average Bonchev–Trinajstić information content (AvgIpc) is 2.73. The van der Waals surface area contributed by atoms with E-state index in [1.54, 1.807) is 26.0 Å². The lowest BCUT2D eigenvalue weighted by molar-refractivity contribution is -0.137. The van der Waals surface area contributed by atoms with Gasteiger partial charge in [-0.05, 0) is 92.7 Å². The molecule has 0 spiro atoms. The smallest absolute Gasteiger partial charge is 0.330 e. The standard InChI is InChI=1S/C29H42O4S/c1-8-33-29(30)21-26(7)20-28(34(31,32)27-17-15-24(5)16-18-27)19-25(6)14-10-13-23(4)12-9-11-22(2)3/h11,13,15-19,21,28H,8-10,12,14,20H2,1-7H3/b23-13+,25-19+,26-21+. The summed E-state index contributed by atoms with van der Waals surface area (Å²) in [4.78, 5) is 12.2. The Balaban J connectivity index is 3.07. The van der Waals surface area contributed by atoms with Crippen molar-refractivity contribution in [2.75, 3.05) is 6.61 Å². The molecular weight excluding hydrogens is 444 g/mol. The van der Waals surface area contributed by atoms with Crippen molar-refractivity contribution < 1.29 is 17.9 Å². The summed E-state index contributed by atoms with van der Waals surface area (Å²) in [6.45, 7) is 14.1. The largest absolute Gasteiger partial charge is 0.463 e. The van der Waals surface area contributed by atoms with E-state index in [1.165, 1.54) is 17.2 Å². The second-order valence-electron chi connectivity index (χ2n) is 9.27. The van der Waals surface area contributed by atoms with E-state index in [1.807, 2.05) is 32.1 Å². The highest BCUT2D eigenvalue weighted by molar-refractivity contribution is 7.92. The summed E-state index contributed by atoms with van der Waals surface area (Å²) in [5, 5.41) is -0.747. The molecule has 4 nitrogen and oxygen atoms in total. The number of benzene rings is 1. The zero-order chi connectivity index (χ0) is 25.7. The summed E-state index contributed by atoms with van der Waals surface area (Å²) in [6.07, 6.45) is 11.7. The predicted octanol–water partition coefficient (Wildman–Crippen LogP) is 7.46. The highest BCUT2D eigenvalue weighted by atomic mass is 32.2. The zero-order valence-electron chi connectivity index (χ0n) is 22.0. The molecular formula is C29H42O4S. The monoisotopic (exact) mass is 486 g/mol. The van der Waals surface area contributed by atoms with Crippen molar-refractivity contribution in [1.82, 2.24) is 0 Å². The van der Waals surface area contributed by atoms with E-state index in [9.17, 15) is 13.2 Å². The molecule has 0 saturated heterocycles. The van der Waals surface area contributed by atoms with Crippen LogP contribution in [0.3, 0.4) is 0 Å². The van der Waals surface area contributed by atoms with E-state index < -0.39 is 21.1 Å². The number of esters is 1. The molecule has 0 radical (unpaired) electrons. The molecule has 1 unspecified atom stereocenters. The third-order valence-corrected chi connectivity index (χ3v) is 7.54. The van der Waals surface area contributed by atoms with Crippen molar-refractivity contribution in [3.8, 4) is 0 Å². The van der Waals surface area contributed by atoms with Gasteiger partial charge in [-0.25, -0.2) is 13.2 Å². The summed E-state index contributed by atoms with van der Waals surface area (Å²) in [5.41, 5.74) is 5.39. The van der Waals surface area contributed by atoms with Crippen LogP contribution in [0.2, 0.25) is 0 Å². The summed E-state index contributed by atoms with van der Waals surface area (Å²) in [6, 6.07) is 6.93. The van der Waals surface area contributed by atoms with Gasteiger partial charge in [0.15, 0.2) is 9.84 Å². The molecule has 0 aliphatic carbocycles. The highest BCUT2D eigenvalue weighted by Crippen LogP contribution is 2.25. The first-order chi connectivity index (χ1) is 15.9. The Hall–Kier alpha value is -2.40. The van der Waals surface area contributed by atoms with E-state index in [2.05, 4.69) is 32.9 Å². The number of aryl methyl sites for hydroxylation is 1. The second kappa shape index (κ2) is 14.8. The van der Waals surface area contributed by atoms with Gasteiger partial charge in [0.2, 0.25) is 0 Å². The van der Waals surface area contributed by atoms with Crippen LogP contribution in [0, 0.1) is 6.92 Å². The summed E-state index contributed by atoms with van der Waals surface area (Å²) < 4.78 is 31.9. The Morgan fingerprint density at radius 3 is 2.09 bits per heavy atom. The molecule has 0 bridgehead atoms. The van der Waals surface area contributed by atoms with E-state index in [-0.39, 0.29) is 13.0 Å². The predicted molar refractivity (Wildman–Crippen MR) is 143 cm³/mol. The van der Waals surface area contributed by atoms with Gasteiger partial charge in [-0.1, -0.05) is 58.2 Å². The molecule has 34 heavy (non-hydrogen) atoms. The van der Waals surface area contributed by atoms with Crippen LogP contribution >= 0.6 is 0 Å². The number of hydrogen-bond donors (Lipinski definition) is 0. The number of allylic oxidation sites excluding steroid dienone is 6. The minimum absolute atomic E-state index is 0.240. The Bertz CT molecular complexity index is 1020. The number of sulfone groups is 1. The fourth-order valence-electron chi connectivity index (χ4n) is 3.56. The van der Waals surface area contributed by atoms with Gasteiger partial charge in [0.1, 0.15) is 0 Å². The Morgan fingerprint density at radius 1 is 0.912 bits per heavy atom. The van der Waals surface area contributed by atoms with E-state index in [0.717, 1.165) is 36.8 Å². The van der Waals surface area contributed by atoms with Gasteiger partial charge in [0.05, 0.1) is 16.8 Å². The minimum Gasteiger partial charge on any atom is -0.463 e. The van der Waals surface area contributed by atoms with Gasteiger partial charge in [-0.15, -0.1) is 0 Å². The van der Waals surface area contributed by atoms with Gasteiger partial charge in [-0.2, -0.15) is 0 Å². The second-order valence-corrected chi connectivity index (χ2v) is 11.4. The van der Waals surface area contributed by atoms with Crippen molar-refractivity contribution in [1.29, 1.82) is 0 Å². The van der Waals surface area contributed by atoms with Crippen LogP contribution in [0.15, 0.2) is 75.8 Å². The third-order valence-electron chi connectivity index (χ3n) is 5.52. The van der Waals surface area contributed by atoms with E-state index in [0.29, 0.717) is 10.5 Å². The first-order valence-electron chi connectivity index (χ1n) is 12.1. The number of rotatable bonds is 13. The van der Waals surface area contributed by atoms with E-state index >= 15 is 0 Å². The van der Waals surface area contributed by atoms with Crippen LogP contribution in [0.5, 0.6) is 0 Å². The van der Waals surface area contributed by atoms with Crippen molar-refractivity contribution in [2.24, 2.45) is 0 Å². The van der Waals surface area contributed by atoms with Crippen molar-refractivity contribution in [3.05, 3.63) is 76.4 Å². The summed E-state index contributed by atoms with van der Waals surface area (Å²) >= 11 is 0. The van der Waals surface area contributed by atoms with Crippen LogP contribution in [0.4, 0.5) is 0 Å². The van der Waals surface area contributed by atoms with Crippen LogP contribution in [-0.2, 0) is 19.4 Å². The zero-order valence-corrected chi connectivity index (χ0v) is 22.8. The molecule has 1 rings (SSSR count). The van der Waals surface area contributed by atoms with Gasteiger partial charge >= 0.3 is 5.97 Å². The lowest BCUT2D eigenvalue weighted by Gasteiger charge is -2.16. The van der Waals surface area contributed by atoms with Crippen LogP contribution in [0.25, 0.3) is 0 Å². The molecule has 5 heteroatoms. The number of hydrogen-bond acceptors (Lipinski definition) is 4. The lowest BCUT2D eigenvalue weighted by atomic mass is 10.0.